The molecule has 4 atom stereocenters. The zero-order valence-electron chi connectivity index (χ0n) is 13.6. The third kappa shape index (κ3) is 3.02. The summed E-state index contributed by atoms with van der Waals surface area (Å²) in [4.78, 5) is 19.0. The number of hydrazine groups is 1. The van der Waals surface area contributed by atoms with Gasteiger partial charge in [0.1, 0.15) is 18.4 Å². The highest BCUT2D eigenvalue weighted by Gasteiger charge is 2.43. The summed E-state index contributed by atoms with van der Waals surface area (Å²) in [5.74, 6) is 6.24. The van der Waals surface area contributed by atoms with Crippen LogP contribution in [0.15, 0.2) is 11.1 Å². The Balaban J connectivity index is 1.88. The van der Waals surface area contributed by atoms with Crippen LogP contribution in [0.4, 0.5) is 5.82 Å². The van der Waals surface area contributed by atoms with Crippen molar-refractivity contribution in [1.29, 1.82) is 0 Å². The molecule has 0 aromatic carbocycles. The molecule has 24 heavy (non-hydrogen) atoms. The standard InChI is InChI=1S/C15H21N5O4/c1-22-7-11-10(23-2)6-12(24-11)20-14-13(15(21)18-8-17-14)9(19-20)4-3-5-16/h8-12,19H,5-7,16H2,1-2H3,(H,17,18,21). The van der Waals surface area contributed by atoms with Crippen molar-refractivity contribution in [3.05, 3.63) is 22.2 Å². The zero-order chi connectivity index (χ0) is 17.1. The number of aromatic nitrogens is 2. The van der Waals surface area contributed by atoms with E-state index in [1.807, 2.05) is 0 Å². The fourth-order valence-electron chi connectivity index (χ4n) is 3.02. The van der Waals surface area contributed by atoms with Gasteiger partial charge >= 0.3 is 0 Å². The van der Waals surface area contributed by atoms with E-state index in [1.54, 1.807) is 19.2 Å². The zero-order valence-corrected chi connectivity index (χ0v) is 13.6. The molecule has 0 saturated carbocycles. The smallest absolute Gasteiger partial charge is 0.258 e. The largest absolute Gasteiger partial charge is 0.382 e. The van der Waals surface area contributed by atoms with Gasteiger partial charge in [-0.1, -0.05) is 11.8 Å². The van der Waals surface area contributed by atoms with Gasteiger partial charge in [-0.3, -0.25) is 9.80 Å². The van der Waals surface area contributed by atoms with E-state index in [-0.39, 0.29) is 30.5 Å². The molecule has 0 bridgehead atoms. The number of nitrogens with two attached hydrogens (primary N) is 1. The number of nitrogens with zero attached hydrogens (tertiary/aromatic N) is 2. The maximum Gasteiger partial charge on any atom is 0.258 e. The first-order chi connectivity index (χ1) is 11.7. The van der Waals surface area contributed by atoms with Gasteiger partial charge in [-0.15, -0.1) is 0 Å². The van der Waals surface area contributed by atoms with E-state index >= 15 is 0 Å². The van der Waals surface area contributed by atoms with Crippen LogP contribution in [0.2, 0.25) is 0 Å². The average Bonchev–Trinajstić information content (AvgIpc) is 3.15. The molecule has 4 unspecified atom stereocenters. The molecule has 1 fully saturated rings. The van der Waals surface area contributed by atoms with Crippen LogP contribution in [-0.2, 0) is 14.2 Å². The minimum atomic E-state index is -0.480. The Labute approximate surface area is 139 Å². The minimum absolute atomic E-state index is 0.101. The molecule has 1 aromatic rings. The summed E-state index contributed by atoms with van der Waals surface area (Å²) < 4.78 is 16.7. The molecule has 0 radical (unpaired) electrons. The predicted molar refractivity (Wildman–Crippen MR) is 86.0 cm³/mol. The van der Waals surface area contributed by atoms with Gasteiger partial charge in [-0.25, -0.2) is 10.4 Å². The molecule has 9 nitrogen and oxygen atoms in total. The van der Waals surface area contributed by atoms with Crippen molar-refractivity contribution < 1.29 is 14.2 Å². The van der Waals surface area contributed by atoms with Crippen LogP contribution in [-0.4, -0.2) is 55.8 Å². The Kier molecular flexibility index (Phi) is 5.13. The van der Waals surface area contributed by atoms with E-state index in [9.17, 15) is 4.79 Å². The van der Waals surface area contributed by atoms with Crippen LogP contribution in [0.25, 0.3) is 0 Å². The number of fused-ring (bicyclic) bond motifs is 1. The number of hydrogen-bond donors (Lipinski definition) is 3. The van der Waals surface area contributed by atoms with Crippen molar-refractivity contribution in [2.45, 2.75) is 30.9 Å². The SMILES string of the molecule is COCC1OC(N2NC(C#CCN)c3c2nc[nH]c3=O)CC1OC. The van der Waals surface area contributed by atoms with Gasteiger partial charge in [-0.05, 0) is 0 Å². The van der Waals surface area contributed by atoms with Crippen molar-refractivity contribution >= 4 is 5.82 Å². The molecule has 3 heterocycles. The van der Waals surface area contributed by atoms with Crippen LogP contribution in [0, 0.1) is 11.8 Å². The number of nitrogens with one attached hydrogen (secondary N) is 2. The van der Waals surface area contributed by atoms with Crippen LogP contribution in [0.3, 0.4) is 0 Å². The third-order valence-corrected chi connectivity index (χ3v) is 4.10. The summed E-state index contributed by atoms with van der Waals surface area (Å²) in [6, 6.07) is -0.480. The minimum Gasteiger partial charge on any atom is -0.382 e. The highest BCUT2D eigenvalue weighted by molar-refractivity contribution is 5.54. The maximum absolute atomic E-state index is 12.2. The summed E-state index contributed by atoms with van der Waals surface area (Å²) in [7, 11) is 3.26. The van der Waals surface area contributed by atoms with Gasteiger partial charge in [0.25, 0.3) is 5.56 Å². The van der Waals surface area contributed by atoms with E-state index in [0.29, 0.717) is 24.4 Å². The summed E-state index contributed by atoms with van der Waals surface area (Å²) >= 11 is 0. The van der Waals surface area contributed by atoms with Crippen molar-refractivity contribution in [2.75, 3.05) is 32.4 Å². The topological polar surface area (TPSA) is 115 Å². The summed E-state index contributed by atoms with van der Waals surface area (Å²) in [6.07, 6.45) is 1.35. The number of anilines is 1. The van der Waals surface area contributed by atoms with Crippen molar-refractivity contribution in [3.63, 3.8) is 0 Å². The molecular weight excluding hydrogens is 314 g/mol. The molecular formula is C15H21N5O4. The molecule has 1 saturated heterocycles. The molecule has 3 rings (SSSR count). The second-order valence-corrected chi connectivity index (χ2v) is 5.52. The van der Waals surface area contributed by atoms with E-state index in [1.165, 1.54) is 6.33 Å². The van der Waals surface area contributed by atoms with Crippen LogP contribution in [0.5, 0.6) is 0 Å². The van der Waals surface area contributed by atoms with Gasteiger partial charge in [0.05, 0.1) is 31.1 Å². The molecule has 4 N–H and O–H groups in total. The van der Waals surface area contributed by atoms with Crippen molar-refractivity contribution in [3.8, 4) is 11.8 Å². The lowest BCUT2D eigenvalue weighted by Crippen LogP contribution is -2.43. The van der Waals surface area contributed by atoms with E-state index in [2.05, 4.69) is 27.2 Å². The molecule has 2 aliphatic heterocycles. The number of hydrogen-bond acceptors (Lipinski definition) is 8. The highest BCUT2D eigenvalue weighted by atomic mass is 16.6. The third-order valence-electron chi connectivity index (χ3n) is 4.10. The molecule has 0 aliphatic carbocycles. The first-order valence-electron chi connectivity index (χ1n) is 7.68. The summed E-state index contributed by atoms with van der Waals surface area (Å²) in [5, 5.41) is 1.74. The van der Waals surface area contributed by atoms with Gasteiger partial charge in [0, 0.05) is 20.6 Å². The van der Waals surface area contributed by atoms with Crippen LogP contribution >= 0.6 is 0 Å². The summed E-state index contributed by atoms with van der Waals surface area (Å²) in [5.41, 5.74) is 8.85. The van der Waals surface area contributed by atoms with Gasteiger partial charge < -0.3 is 24.9 Å². The number of methoxy groups -OCH3 is 2. The highest BCUT2D eigenvalue weighted by Crippen LogP contribution is 2.34. The van der Waals surface area contributed by atoms with Gasteiger partial charge in [0.15, 0.2) is 5.82 Å². The van der Waals surface area contributed by atoms with Gasteiger partial charge in [0.2, 0.25) is 0 Å². The number of ether oxygens (including phenoxy) is 3. The van der Waals surface area contributed by atoms with E-state index < -0.39 is 6.04 Å². The van der Waals surface area contributed by atoms with Crippen molar-refractivity contribution in [2.24, 2.45) is 5.73 Å². The lowest BCUT2D eigenvalue weighted by atomic mass is 10.1. The Hall–Kier alpha value is -1.96. The molecule has 0 spiro atoms. The van der Waals surface area contributed by atoms with Gasteiger partial charge in [-0.2, -0.15) is 0 Å². The Morgan fingerprint density at radius 1 is 1.54 bits per heavy atom. The second kappa shape index (κ2) is 7.29. The first-order valence-corrected chi connectivity index (χ1v) is 7.68. The molecule has 1 aromatic heterocycles. The first kappa shape index (κ1) is 16.9. The molecule has 130 valence electrons. The lowest BCUT2D eigenvalue weighted by molar-refractivity contribution is -0.0457. The van der Waals surface area contributed by atoms with Crippen molar-refractivity contribution in [1.82, 2.24) is 15.4 Å². The Morgan fingerprint density at radius 3 is 3.08 bits per heavy atom. The second-order valence-electron chi connectivity index (χ2n) is 5.52. The quantitative estimate of drug-likeness (QED) is 0.593. The Morgan fingerprint density at radius 2 is 2.38 bits per heavy atom. The number of H-pyrrole nitrogens is 1. The fourth-order valence-corrected chi connectivity index (χ4v) is 3.02. The number of aromatic amines is 1. The van der Waals surface area contributed by atoms with Crippen LogP contribution in [0.1, 0.15) is 18.0 Å². The van der Waals surface area contributed by atoms with E-state index in [4.69, 9.17) is 19.9 Å². The monoisotopic (exact) mass is 335 g/mol. The lowest BCUT2D eigenvalue weighted by Gasteiger charge is -2.25. The normalized spacial score (nSPS) is 28.5. The molecule has 2 aliphatic rings. The average molecular weight is 335 g/mol. The molecule has 9 heteroatoms. The molecule has 0 amide bonds. The predicted octanol–water partition coefficient (Wildman–Crippen LogP) is -1.13. The maximum atomic E-state index is 12.2. The summed E-state index contributed by atoms with van der Waals surface area (Å²) in [6.45, 7) is 0.641. The van der Waals surface area contributed by atoms with Crippen LogP contribution < -0.4 is 21.7 Å². The Bertz CT molecular complexity index is 697. The number of rotatable bonds is 4. The van der Waals surface area contributed by atoms with E-state index in [0.717, 1.165) is 0 Å². The fraction of sp³-hybridized carbons (Fsp3) is 0.600.